The maximum atomic E-state index is 5.38. The first-order valence-corrected chi connectivity index (χ1v) is 42.2. The lowest BCUT2D eigenvalue weighted by Crippen LogP contribution is -2.01. The van der Waals surface area contributed by atoms with Crippen molar-refractivity contribution in [1.82, 2.24) is 75.0 Å². The second-order valence-corrected chi connectivity index (χ2v) is 31.1. The molecule has 22 rings (SSSR count). The van der Waals surface area contributed by atoms with Crippen molar-refractivity contribution in [3.05, 3.63) is 431 Å². The zero-order valence-electron chi connectivity index (χ0n) is 68.7. The third-order valence-corrected chi connectivity index (χ3v) is 22.9. The zero-order chi connectivity index (χ0) is 85.1. The minimum absolute atomic E-state index is 0.487. The molecule has 0 aliphatic carbocycles. The Balaban J connectivity index is 0.620. The van der Waals surface area contributed by atoms with E-state index >= 15 is 0 Å². The molecule has 0 bridgehead atoms. The fraction of sp³-hybridized carbons (Fsp3) is 0. The molecule has 0 radical (unpaired) electrons. The van der Waals surface area contributed by atoms with Crippen LogP contribution in [-0.2, 0) is 0 Å². The van der Waals surface area contributed by atoms with Crippen LogP contribution in [0.5, 0.6) is 0 Å². The topological polar surface area (TPSA) is 193 Å². The van der Waals surface area contributed by atoms with Gasteiger partial charge in [0.1, 0.15) is 0 Å². The molecular weight excluding hydrogens is 1570 g/mol. The first-order valence-electron chi connectivity index (χ1n) is 42.2. The van der Waals surface area contributed by atoms with Gasteiger partial charge in [-0.2, -0.15) is 0 Å². The maximum Gasteiger partial charge on any atom is 0.164 e. The fourth-order valence-corrected chi connectivity index (χ4v) is 16.4. The van der Waals surface area contributed by atoms with E-state index in [2.05, 4.69) is 217 Å². The zero-order valence-corrected chi connectivity index (χ0v) is 68.7. The summed E-state index contributed by atoms with van der Waals surface area (Å²) in [7, 11) is 0. The minimum Gasteiger partial charge on any atom is -0.265 e. The van der Waals surface area contributed by atoms with E-state index in [9.17, 15) is 0 Å². The third kappa shape index (κ3) is 15.9. The Morgan fingerprint density at radius 2 is 0.359 bits per heavy atom. The van der Waals surface area contributed by atoms with Gasteiger partial charge in [-0.15, -0.1) is 10.2 Å². The van der Waals surface area contributed by atoms with Crippen LogP contribution in [0.15, 0.2) is 431 Å². The van der Waals surface area contributed by atoms with E-state index in [1.807, 2.05) is 219 Å². The van der Waals surface area contributed by atoms with Crippen LogP contribution >= 0.6 is 0 Å². The minimum atomic E-state index is 0.487. The molecule has 0 amide bonds. The van der Waals surface area contributed by atoms with Gasteiger partial charge in [-0.3, -0.25) is 4.98 Å². The van der Waals surface area contributed by atoms with Crippen molar-refractivity contribution in [3.8, 4) is 215 Å². The number of nitrogens with zero attached hydrogens (tertiary/aromatic N) is 15. The molecule has 0 atom stereocenters. The summed E-state index contributed by atoms with van der Waals surface area (Å²) in [6.45, 7) is 0. The fourth-order valence-electron chi connectivity index (χ4n) is 16.4. The molecule has 16 aromatic carbocycles. The van der Waals surface area contributed by atoms with Crippen LogP contribution in [0.1, 0.15) is 0 Å². The summed E-state index contributed by atoms with van der Waals surface area (Å²) in [4.78, 5) is 66.4. The Kier molecular flexibility index (Phi) is 20.3. The van der Waals surface area contributed by atoms with Crippen molar-refractivity contribution in [3.63, 3.8) is 0 Å². The molecule has 0 N–H and O–H groups in total. The molecule has 0 saturated carbocycles. The van der Waals surface area contributed by atoms with Gasteiger partial charge >= 0.3 is 0 Å². The van der Waals surface area contributed by atoms with E-state index in [1.165, 1.54) is 0 Å². The molecule has 6 heterocycles. The summed E-state index contributed by atoms with van der Waals surface area (Å²) in [5.74, 6) is 6.67. The maximum absolute atomic E-state index is 5.38. The van der Waals surface area contributed by atoms with E-state index in [1.54, 1.807) is 0 Å². The van der Waals surface area contributed by atoms with Gasteiger partial charge in [0.2, 0.25) is 0 Å². The molecule has 0 spiro atoms. The van der Waals surface area contributed by atoms with Crippen LogP contribution < -0.4 is 0 Å². The number of hydrogen-bond acceptors (Lipinski definition) is 15. The van der Waals surface area contributed by atoms with Gasteiger partial charge in [-0.1, -0.05) is 340 Å². The molecule has 0 unspecified atom stereocenters. The van der Waals surface area contributed by atoms with Crippen molar-refractivity contribution in [2.75, 3.05) is 0 Å². The molecule has 0 fully saturated rings. The molecule has 22 aromatic rings. The molecule has 15 heteroatoms. The highest BCUT2D eigenvalue weighted by Gasteiger charge is 2.23. The first kappa shape index (κ1) is 76.4. The Morgan fingerprint density at radius 1 is 0.117 bits per heavy atom. The molecule has 0 aliphatic heterocycles. The van der Waals surface area contributed by atoms with Crippen LogP contribution in [0.4, 0.5) is 0 Å². The number of aromatic nitrogens is 15. The standard InChI is InChI=1S/C113H71N15/c1-6-27-75(28-7-1)102-115-103(76-29-8-2-9-30-76)118-107(117-102)89-44-21-40-83(66-89)85-54-56-97(87-42-23-47-92(68-87)109-119-104(77-31-10-3-11-32-77)116-105(120-109)78-33-12-4-13-34-78)99(71-85)101-58-57-100(127-128-101)88-43-24-48-93(69-88)111-123-108(124-113(126-111)95-52-50-73-26-17-19-38-81(73)64-95)90-45-20-39-82(65-90)84-53-55-96(98(70-84)74-59-61-114-62-60-74)86-41-22-46-91(67-86)110-121-106(79-35-14-5-15-36-79)122-112(125-110)94-51-49-72-25-16-18-37-80(72)63-94/h1-71H. The molecule has 0 saturated heterocycles. The van der Waals surface area contributed by atoms with E-state index in [4.69, 9.17) is 70.0 Å². The molecule has 598 valence electrons. The number of pyridine rings is 1. The van der Waals surface area contributed by atoms with E-state index < -0.39 is 0 Å². The molecular formula is C113H71N15. The quantitative estimate of drug-likeness (QED) is 0.0741. The van der Waals surface area contributed by atoms with Gasteiger partial charge in [0.05, 0.1) is 11.4 Å². The lowest BCUT2D eigenvalue weighted by Gasteiger charge is -2.15. The highest BCUT2D eigenvalue weighted by Crippen LogP contribution is 2.43. The molecule has 6 aromatic heterocycles. The number of rotatable bonds is 19. The normalized spacial score (nSPS) is 11.3. The smallest absolute Gasteiger partial charge is 0.164 e. The highest BCUT2D eigenvalue weighted by molar-refractivity contribution is 5.93. The van der Waals surface area contributed by atoms with Crippen LogP contribution in [0.2, 0.25) is 0 Å². The SMILES string of the molecule is c1ccc(-c2nc(-c3ccccc3)nc(-c3cccc(-c4ccc(-c5cccc(-c6nc(-c7ccccc7)nc(-c7ccccc7)n6)c5)c(-c5ccc(-c6cccc(-c7nc(-c8cccc(-c9ccc(-c%10cccc(-c%11nc(-c%12ccccc%12)nc(-c%12ccc%13ccccc%13c%12)n%11)c%10)c(-c%10ccncc%10)c9)c8)nc(-c8ccc9ccccc9c8)n7)c6)nn5)c4)c3)n2)cc1. The second-order valence-electron chi connectivity index (χ2n) is 31.1. The highest BCUT2D eigenvalue weighted by atomic mass is 15.1. The van der Waals surface area contributed by atoms with Crippen LogP contribution in [-0.4, -0.2) is 75.0 Å². The van der Waals surface area contributed by atoms with Crippen LogP contribution in [0.25, 0.3) is 236 Å². The molecule has 128 heavy (non-hydrogen) atoms. The average Bonchev–Trinajstić information content (AvgIpc) is 0.777. The summed E-state index contributed by atoms with van der Waals surface area (Å²) in [6.07, 6.45) is 3.67. The summed E-state index contributed by atoms with van der Waals surface area (Å²) in [5.41, 5.74) is 23.0. The van der Waals surface area contributed by atoms with Gasteiger partial charge in [0, 0.05) is 90.3 Å². The van der Waals surface area contributed by atoms with Crippen molar-refractivity contribution >= 4 is 21.5 Å². The summed E-state index contributed by atoms with van der Waals surface area (Å²) < 4.78 is 0. The second kappa shape index (κ2) is 34.0. The Bertz CT molecular complexity index is 7810. The number of benzene rings is 16. The van der Waals surface area contributed by atoms with Crippen molar-refractivity contribution in [1.29, 1.82) is 0 Å². The van der Waals surface area contributed by atoms with E-state index in [0.717, 1.165) is 155 Å². The van der Waals surface area contributed by atoms with Gasteiger partial charge in [0.15, 0.2) is 69.9 Å². The van der Waals surface area contributed by atoms with E-state index in [-0.39, 0.29) is 0 Å². The largest absolute Gasteiger partial charge is 0.265 e. The van der Waals surface area contributed by atoms with Crippen LogP contribution in [0.3, 0.4) is 0 Å². The van der Waals surface area contributed by atoms with Crippen molar-refractivity contribution in [2.45, 2.75) is 0 Å². The first-order chi connectivity index (χ1) is 63.3. The Hall–Kier alpha value is -17.7. The predicted molar refractivity (Wildman–Crippen MR) is 512 cm³/mol. The predicted octanol–water partition coefficient (Wildman–Crippen LogP) is 26.6. The number of fused-ring (bicyclic) bond motifs is 2. The summed E-state index contributed by atoms with van der Waals surface area (Å²) in [6, 6.07) is 143. The van der Waals surface area contributed by atoms with Crippen molar-refractivity contribution < 1.29 is 0 Å². The monoisotopic (exact) mass is 1640 g/mol. The lowest BCUT2D eigenvalue weighted by atomic mass is 9.90. The van der Waals surface area contributed by atoms with Gasteiger partial charge in [0.25, 0.3) is 0 Å². The Labute approximate surface area is 737 Å². The molecule has 15 nitrogen and oxygen atoms in total. The van der Waals surface area contributed by atoms with Gasteiger partial charge < -0.3 is 0 Å². The van der Waals surface area contributed by atoms with Gasteiger partial charge in [-0.05, 0) is 156 Å². The van der Waals surface area contributed by atoms with Crippen molar-refractivity contribution in [2.24, 2.45) is 0 Å². The average molecular weight is 1640 g/mol. The third-order valence-electron chi connectivity index (χ3n) is 22.9. The van der Waals surface area contributed by atoms with Gasteiger partial charge in [-0.25, -0.2) is 59.8 Å². The molecule has 0 aliphatic rings. The van der Waals surface area contributed by atoms with Crippen LogP contribution in [0, 0.1) is 0 Å². The summed E-state index contributed by atoms with van der Waals surface area (Å²) in [5, 5.41) is 14.7. The lowest BCUT2D eigenvalue weighted by molar-refractivity contribution is 1.04. The summed E-state index contributed by atoms with van der Waals surface area (Å²) >= 11 is 0. The Morgan fingerprint density at radius 3 is 0.711 bits per heavy atom. The van der Waals surface area contributed by atoms with E-state index in [0.29, 0.717) is 81.3 Å². The number of hydrogen-bond donors (Lipinski definition) is 0.